The number of alkyl halides is 1. The van der Waals surface area contributed by atoms with Crippen LogP contribution in [0.3, 0.4) is 0 Å². The molecule has 0 amide bonds. The highest BCUT2D eigenvalue weighted by Crippen LogP contribution is 2.49. The van der Waals surface area contributed by atoms with Gasteiger partial charge in [-0.3, -0.25) is 9.80 Å². The number of carboxylic acid groups (broad SMARTS) is 1. The standard InChI is InChI=1S/C31H32Cl2N4O5S.C19H25N3O4S.C13H10Cl3NO/c1-16(2)41-24-10-18(30(38)39)11-25-28(24)34-31(43-25)37-9-8-36-14-20(12-19(36)13-37)40-15-21-27(35-42-29(21)17-6-7-17)26-22(32)4-3-5-23(26)33;1-11(2)26-15-6-12(18(24)25-3)7-16-17(15)20-19(27-16)22-5-4-21-10-14(23)8-13(21)9-22;14-6-8-12(17-18-13(8)7-4-5-7)11-9(15)2-1-3-10(11)16/h3-5,10-11,16-17,19-20H,6-9,12-15H2,1-2H3,(H,38,39);6-7,11,13-14,23H,4-5,8-10H2,1-3H3;1-3,7H,4-6H2/t19-,20-;13-,14-;/m11./s1. The number of rotatable bonds is 16. The largest absolute Gasteiger partial charge is 0.489 e. The number of piperazine rings is 2. The van der Waals surface area contributed by atoms with Crippen LogP contribution in [-0.4, -0.2) is 148 Å². The van der Waals surface area contributed by atoms with Crippen LogP contribution in [0.4, 0.5) is 10.3 Å². The van der Waals surface area contributed by atoms with E-state index in [-0.39, 0.29) is 35.9 Å². The number of esters is 1. The molecular formula is C63H67Cl5N8O10S2. The van der Waals surface area contributed by atoms with Gasteiger partial charge in [0.1, 0.15) is 45.4 Å². The van der Waals surface area contributed by atoms with Crippen LogP contribution in [0.15, 0.2) is 69.7 Å². The Bertz CT molecular complexity index is 3830. The van der Waals surface area contributed by atoms with Gasteiger partial charge >= 0.3 is 11.9 Å². The first-order valence-corrected chi connectivity index (χ1v) is 33.3. The van der Waals surface area contributed by atoms with Crippen molar-refractivity contribution in [3.8, 4) is 34.0 Å². The Kier molecular flexibility index (Phi) is 19.1. The van der Waals surface area contributed by atoms with Gasteiger partial charge in [0, 0.05) is 98.5 Å². The Labute approximate surface area is 542 Å². The second-order valence-corrected chi connectivity index (χ2v) is 27.6. The average Bonchev–Trinajstić information content (AvgIpc) is 2.59. The molecule has 2 saturated carbocycles. The number of hydrogen-bond donors (Lipinski definition) is 2. The highest BCUT2D eigenvalue weighted by molar-refractivity contribution is 7.22. The van der Waals surface area contributed by atoms with E-state index in [1.165, 1.54) is 18.4 Å². The van der Waals surface area contributed by atoms with E-state index in [1.807, 2.05) is 52.0 Å². The summed E-state index contributed by atoms with van der Waals surface area (Å²) in [6, 6.07) is 18.3. The number of aromatic carboxylic acids is 1. The van der Waals surface area contributed by atoms with Crippen LogP contribution in [0.5, 0.6) is 11.5 Å². The highest BCUT2D eigenvalue weighted by atomic mass is 35.5. The van der Waals surface area contributed by atoms with Crippen molar-refractivity contribution in [2.24, 2.45) is 0 Å². The molecule has 4 atom stereocenters. The lowest BCUT2D eigenvalue weighted by Crippen LogP contribution is -2.50. The predicted octanol–water partition coefficient (Wildman–Crippen LogP) is 14.5. The van der Waals surface area contributed by atoms with Crippen molar-refractivity contribution in [1.82, 2.24) is 30.1 Å². The van der Waals surface area contributed by atoms with Crippen LogP contribution < -0.4 is 19.3 Å². The Hall–Kier alpha value is -5.49. The normalized spacial score (nSPS) is 20.3. The quantitative estimate of drug-likeness (QED) is 0.0682. The minimum atomic E-state index is -0.978. The number of nitrogens with zero attached hydrogens (tertiary/aromatic N) is 8. The molecule has 4 saturated heterocycles. The zero-order chi connectivity index (χ0) is 61.7. The molecule has 25 heteroatoms. The number of aliphatic hydroxyl groups is 1. The van der Waals surface area contributed by atoms with E-state index in [1.54, 1.807) is 47.7 Å². The van der Waals surface area contributed by atoms with E-state index < -0.39 is 5.97 Å². The summed E-state index contributed by atoms with van der Waals surface area (Å²) in [7, 11) is 1.38. The summed E-state index contributed by atoms with van der Waals surface area (Å²) >= 11 is 34.6. The van der Waals surface area contributed by atoms with Crippen molar-refractivity contribution in [2.75, 3.05) is 69.3 Å². The molecule has 0 bridgehead atoms. The van der Waals surface area contributed by atoms with Crippen molar-refractivity contribution in [3.63, 3.8) is 0 Å². The first kappa shape index (κ1) is 62.7. The number of carbonyl (C=O) groups is 2. The summed E-state index contributed by atoms with van der Waals surface area (Å²) in [6.07, 6.45) is 5.89. The van der Waals surface area contributed by atoms with Crippen molar-refractivity contribution in [3.05, 3.63) is 115 Å². The number of anilines is 2. The molecule has 2 aliphatic carbocycles. The van der Waals surface area contributed by atoms with Crippen LogP contribution in [0, 0.1) is 0 Å². The predicted molar refractivity (Wildman–Crippen MR) is 345 cm³/mol. The molecule has 8 heterocycles. The molecule has 2 N–H and O–H groups in total. The van der Waals surface area contributed by atoms with E-state index in [2.05, 4.69) is 29.9 Å². The minimum Gasteiger partial charge on any atom is -0.489 e. The van der Waals surface area contributed by atoms with Crippen LogP contribution in [0.25, 0.3) is 42.9 Å². The molecule has 6 fully saturated rings. The summed E-state index contributed by atoms with van der Waals surface area (Å²) in [5.74, 6) is 2.72. The number of ether oxygens (including phenoxy) is 4. The first-order chi connectivity index (χ1) is 42.4. The number of carbonyl (C=O) groups excluding carboxylic acids is 1. The molecule has 4 aromatic carbocycles. The van der Waals surface area contributed by atoms with E-state index in [0.717, 1.165) is 139 Å². The SMILES string of the molecule is CC(C)Oc1cc(C(=O)O)cc2sc(N3CCN4C[C@H](OCc5c(-c6c(Cl)cccc6Cl)noc5C5CC5)C[C@@H]4C3)nc12.COC(=O)c1cc(OC(C)C)c2nc(N3CCN4C[C@H](O)C[C@@H]4C3)sc2c1.ClCc1c(-c2c(Cl)cccc2Cl)noc1C1CC1. The van der Waals surface area contributed by atoms with Gasteiger partial charge in [-0.25, -0.2) is 19.6 Å². The molecule has 4 aliphatic heterocycles. The van der Waals surface area contributed by atoms with Gasteiger partial charge in [-0.15, -0.1) is 11.6 Å². The van der Waals surface area contributed by atoms with E-state index in [0.29, 0.717) is 102 Å². The zero-order valence-electron chi connectivity index (χ0n) is 49.2. The number of aliphatic hydroxyl groups excluding tert-OH is 1. The Morgan fingerprint density at radius 2 is 1.14 bits per heavy atom. The maximum atomic E-state index is 12.0. The van der Waals surface area contributed by atoms with Gasteiger partial charge < -0.3 is 48.0 Å². The van der Waals surface area contributed by atoms with Gasteiger partial charge in [-0.05, 0) is 115 Å². The third-order valence-corrected chi connectivity index (χ3v) is 20.2. The molecule has 4 aromatic heterocycles. The van der Waals surface area contributed by atoms with E-state index in [4.69, 9.17) is 96.0 Å². The second kappa shape index (κ2) is 26.8. The summed E-state index contributed by atoms with van der Waals surface area (Å²) in [4.78, 5) is 42.9. The number of halogens is 5. The topological polar surface area (TPSA) is 202 Å². The van der Waals surface area contributed by atoms with Crippen LogP contribution in [0.2, 0.25) is 20.1 Å². The van der Waals surface area contributed by atoms with Gasteiger partial charge in [0.15, 0.2) is 10.3 Å². The molecule has 8 aromatic rings. The Morgan fingerprint density at radius 1 is 0.659 bits per heavy atom. The van der Waals surface area contributed by atoms with Crippen molar-refractivity contribution < 1.29 is 47.8 Å². The van der Waals surface area contributed by atoms with Crippen LogP contribution in [0.1, 0.15) is 121 Å². The molecule has 14 rings (SSSR count). The lowest BCUT2D eigenvalue weighted by molar-refractivity contribution is 0.0463. The molecule has 0 spiro atoms. The Morgan fingerprint density at radius 3 is 1.62 bits per heavy atom. The molecule has 18 nitrogen and oxygen atoms in total. The molecule has 0 radical (unpaired) electrons. The maximum absolute atomic E-state index is 12.0. The summed E-state index contributed by atoms with van der Waals surface area (Å²) in [6.45, 7) is 15.0. The third kappa shape index (κ3) is 13.6. The van der Waals surface area contributed by atoms with E-state index in [9.17, 15) is 19.8 Å². The number of methoxy groups -OCH3 is 1. The van der Waals surface area contributed by atoms with Gasteiger partial charge in [0.25, 0.3) is 0 Å². The average molecular weight is 1340 g/mol. The minimum absolute atomic E-state index is 0.0187. The number of thiazole rings is 2. The summed E-state index contributed by atoms with van der Waals surface area (Å²) < 4.78 is 36.3. The second-order valence-electron chi connectivity index (χ2n) is 23.6. The third-order valence-electron chi connectivity index (χ3n) is 16.5. The maximum Gasteiger partial charge on any atom is 0.338 e. The lowest BCUT2D eigenvalue weighted by atomic mass is 10.0. The summed E-state index contributed by atoms with van der Waals surface area (Å²) in [5.41, 5.74) is 6.75. The van der Waals surface area contributed by atoms with Gasteiger partial charge in [-0.2, -0.15) is 0 Å². The monoisotopic (exact) mass is 1330 g/mol. The first-order valence-electron chi connectivity index (χ1n) is 29.6. The Balaban J connectivity index is 0.000000142. The lowest BCUT2D eigenvalue weighted by Gasteiger charge is -2.37. The van der Waals surface area contributed by atoms with Crippen LogP contribution in [-0.2, 0) is 22.0 Å². The smallest absolute Gasteiger partial charge is 0.338 e. The van der Waals surface area contributed by atoms with Crippen molar-refractivity contribution in [1.29, 1.82) is 0 Å². The number of aromatic nitrogens is 4. The van der Waals surface area contributed by atoms with Gasteiger partial charge in [0.05, 0.1) is 84.6 Å². The van der Waals surface area contributed by atoms with Gasteiger partial charge in [0.2, 0.25) is 0 Å². The van der Waals surface area contributed by atoms with Crippen molar-refractivity contribution >= 4 is 123 Å². The number of carboxylic acids is 1. The summed E-state index contributed by atoms with van der Waals surface area (Å²) in [5, 5.41) is 32.1. The fraction of sp³-hybridized carbons (Fsp3) is 0.460. The highest BCUT2D eigenvalue weighted by Gasteiger charge is 2.40. The zero-order valence-corrected chi connectivity index (χ0v) is 54.6. The fourth-order valence-corrected chi connectivity index (χ4v) is 15.6. The van der Waals surface area contributed by atoms with Crippen molar-refractivity contribution in [2.45, 2.75) is 127 Å². The van der Waals surface area contributed by atoms with Gasteiger partial charge in [-0.1, -0.05) is 91.5 Å². The van der Waals surface area contributed by atoms with Crippen LogP contribution >= 0.6 is 80.7 Å². The molecular weight excluding hydrogens is 1270 g/mol. The number of fused-ring (bicyclic) bond motifs is 4. The van der Waals surface area contributed by atoms with E-state index >= 15 is 0 Å². The fourth-order valence-electron chi connectivity index (χ4n) is 12.1. The molecule has 6 aliphatic rings. The molecule has 466 valence electrons. The number of benzene rings is 4. The molecule has 0 unspecified atom stereocenters. The molecule has 88 heavy (non-hydrogen) atoms. The number of hydrogen-bond acceptors (Lipinski definition) is 19.